The van der Waals surface area contributed by atoms with Crippen LogP contribution in [0.15, 0.2) is 79.3 Å². The van der Waals surface area contributed by atoms with Crippen molar-refractivity contribution >= 4 is 11.6 Å². The first-order chi connectivity index (χ1) is 17.5. The summed E-state index contributed by atoms with van der Waals surface area (Å²) < 4.78 is 0. The predicted octanol–water partition coefficient (Wildman–Crippen LogP) is 4.51. The molecule has 1 aliphatic heterocycles. The molecule has 0 bridgehead atoms. The summed E-state index contributed by atoms with van der Waals surface area (Å²) in [6, 6.07) is 19.4. The van der Waals surface area contributed by atoms with Gasteiger partial charge in [0.05, 0.1) is 5.69 Å². The first-order valence-electron chi connectivity index (χ1n) is 12.2. The highest BCUT2D eigenvalue weighted by atomic mass is 16.1. The Hall–Kier alpha value is -3.94. The average Bonchev–Trinajstić information content (AvgIpc) is 2.92. The molecule has 7 heteroatoms. The van der Waals surface area contributed by atoms with Crippen molar-refractivity contribution in [2.45, 2.75) is 13.5 Å². The molecule has 3 heterocycles. The molecule has 0 aliphatic carbocycles. The fourth-order valence-corrected chi connectivity index (χ4v) is 4.33. The number of benzene rings is 2. The number of aromatic nitrogens is 3. The van der Waals surface area contributed by atoms with E-state index in [1.165, 1.54) is 5.56 Å². The number of likely N-dealkylation sites (N-methyl/N-ethyl adjacent to an activating group) is 1. The van der Waals surface area contributed by atoms with Gasteiger partial charge < -0.3 is 10.2 Å². The Morgan fingerprint density at radius 3 is 2.53 bits per heavy atom. The van der Waals surface area contributed by atoms with Gasteiger partial charge in [-0.25, -0.2) is 9.97 Å². The summed E-state index contributed by atoms with van der Waals surface area (Å²) in [5.74, 6) is 0.471. The van der Waals surface area contributed by atoms with E-state index in [0.29, 0.717) is 17.1 Å². The van der Waals surface area contributed by atoms with E-state index in [9.17, 15) is 4.79 Å². The SMILES string of the molecule is Cc1ccc(NC(=O)c2ccc(CN3CCN(C)CC3)cc2)cc1-c1nccc(-c2cccnc2)n1. The maximum Gasteiger partial charge on any atom is 0.255 e. The lowest BCUT2D eigenvalue weighted by atomic mass is 10.1. The third-order valence-electron chi connectivity index (χ3n) is 6.57. The van der Waals surface area contributed by atoms with Crippen LogP contribution in [0.3, 0.4) is 0 Å². The quantitative estimate of drug-likeness (QED) is 0.439. The third kappa shape index (κ3) is 5.64. The molecule has 1 saturated heterocycles. The molecule has 36 heavy (non-hydrogen) atoms. The predicted molar refractivity (Wildman–Crippen MR) is 143 cm³/mol. The zero-order chi connectivity index (χ0) is 24.9. The summed E-state index contributed by atoms with van der Waals surface area (Å²) in [6.45, 7) is 7.26. The van der Waals surface area contributed by atoms with E-state index >= 15 is 0 Å². The number of hydrogen-bond donors (Lipinski definition) is 1. The van der Waals surface area contributed by atoms with Crippen LogP contribution in [0, 0.1) is 6.92 Å². The van der Waals surface area contributed by atoms with Crippen molar-refractivity contribution in [2.24, 2.45) is 0 Å². The van der Waals surface area contributed by atoms with Crippen LogP contribution < -0.4 is 5.32 Å². The first-order valence-corrected chi connectivity index (χ1v) is 12.2. The second-order valence-electron chi connectivity index (χ2n) is 9.27. The molecule has 2 aromatic heterocycles. The zero-order valence-corrected chi connectivity index (χ0v) is 20.7. The maximum atomic E-state index is 13.0. The Morgan fingerprint density at radius 1 is 0.972 bits per heavy atom. The van der Waals surface area contributed by atoms with E-state index in [0.717, 1.165) is 55.1 Å². The Labute approximate surface area is 211 Å². The number of aryl methyl sites for hydroxylation is 1. The van der Waals surface area contributed by atoms with Gasteiger partial charge in [-0.05, 0) is 67.6 Å². The normalized spacial score (nSPS) is 14.5. The Morgan fingerprint density at radius 2 is 1.78 bits per heavy atom. The van der Waals surface area contributed by atoms with Gasteiger partial charge in [-0.3, -0.25) is 14.7 Å². The molecular weight excluding hydrogens is 448 g/mol. The van der Waals surface area contributed by atoms with Gasteiger partial charge in [0, 0.05) is 73.7 Å². The zero-order valence-electron chi connectivity index (χ0n) is 20.7. The van der Waals surface area contributed by atoms with Crippen molar-refractivity contribution in [3.8, 4) is 22.6 Å². The number of piperazine rings is 1. The monoisotopic (exact) mass is 478 g/mol. The van der Waals surface area contributed by atoms with Crippen LogP contribution in [0.2, 0.25) is 0 Å². The minimum Gasteiger partial charge on any atom is -0.322 e. The molecule has 182 valence electrons. The van der Waals surface area contributed by atoms with Crippen LogP contribution in [-0.4, -0.2) is 63.9 Å². The first kappa shape index (κ1) is 23.8. The molecular formula is C29H30N6O. The van der Waals surface area contributed by atoms with Crippen LogP contribution in [0.25, 0.3) is 22.6 Å². The molecule has 2 aromatic carbocycles. The Kier molecular flexibility index (Phi) is 7.11. The maximum absolute atomic E-state index is 13.0. The smallest absolute Gasteiger partial charge is 0.255 e. The summed E-state index contributed by atoms with van der Waals surface area (Å²) >= 11 is 0. The molecule has 0 atom stereocenters. The topological polar surface area (TPSA) is 74.2 Å². The number of hydrogen-bond acceptors (Lipinski definition) is 6. The van der Waals surface area contributed by atoms with Crippen LogP contribution in [0.5, 0.6) is 0 Å². The number of pyridine rings is 1. The minimum absolute atomic E-state index is 0.138. The second-order valence-corrected chi connectivity index (χ2v) is 9.27. The van der Waals surface area contributed by atoms with Crippen molar-refractivity contribution in [3.63, 3.8) is 0 Å². The van der Waals surface area contributed by atoms with Gasteiger partial charge in [-0.2, -0.15) is 0 Å². The summed E-state index contributed by atoms with van der Waals surface area (Å²) in [6.07, 6.45) is 5.27. The number of amides is 1. The number of rotatable bonds is 6. The highest BCUT2D eigenvalue weighted by Gasteiger charge is 2.15. The Bertz CT molecular complexity index is 1330. The summed E-state index contributed by atoms with van der Waals surface area (Å²) in [7, 11) is 2.16. The highest BCUT2D eigenvalue weighted by molar-refractivity contribution is 6.04. The van der Waals surface area contributed by atoms with Crippen LogP contribution >= 0.6 is 0 Å². The average molecular weight is 479 g/mol. The number of anilines is 1. The summed E-state index contributed by atoms with van der Waals surface area (Å²) in [5, 5.41) is 3.03. The molecule has 0 radical (unpaired) electrons. The lowest BCUT2D eigenvalue weighted by Crippen LogP contribution is -2.43. The fraction of sp³-hybridized carbons (Fsp3) is 0.241. The van der Waals surface area contributed by atoms with Crippen LogP contribution in [0.4, 0.5) is 5.69 Å². The number of carbonyl (C=O) groups is 1. The van der Waals surface area contributed by atoms with E-state index < -0.39 is 0 Å². The lowest BCUT2D eigenvalue weighted by Gasteiger charge is -2.32. The molecule has 0 unspecified atom stereocenters. The molecule has 5 rings (SSSR count). The molecule has 1 fully saturated rings. The third-order valence-corrected chi connectivity index (χ3v) is 6.57. The molecule has 1 aliphatic rings. The van der Waals surface area contributed by atoms with Gasteiger partial charge in [0.25, 0.3) is 5.91 Å². The summed E-state index contributed by atoms with van der Waals surface area (Å²) in [4.78, 5) is 31.2. The largest absolute Gasteiger partial charge is 0.322 e. The summed E-state index contributed by atoms with van der Waals surface area (Å²) in [5.41, 5.74) is 6.20. The van der Waals surface area contributed by atoms with Crippen LogP contribution in [-0.2, 0) is 6.54 Å². The van der Waals surface area contributed by atoms with E-state index in [4.69, 9.17) is 4.98 Å². The Balaban J connectivity index is 1.29. The molecule has 7 nitrogen and oxygen atoms in total. The molecule has 1 amide bonds. The molecule has 0 spiro atoms. The minimum atomic E-state index is -0.138. The number of nitrogens with one attached hydrogen (secondary N) is 1. The van der Waals surface area contributed by atoms with E-state index in [1.807, 2.05) is 67.6 Å². The van der Waals surface area contributed by atoms with Gasteiger partial charge in [-0.1, -0.05) is 18.2 Å². The van der Waals surface area contributed by atoms with Gasteiger partial charge >= 0.3 is 0 Å². The number of carbonyl (C=O) groups excluding carboxylic acids is 1. The van der Waals surface area contributed by atoms with Gasteiger partial charge in [0.2, 0.25) is 0 Å². The lowest BCUT2D eigenvalue weighted by molar-refractivity contribution is 0.102. The second kappa shape index (κ2) is 10.8. The molecule has 0 saturated carbocycles. The van der Waals surface area contributed by atoms with E-state index in [1.54, 1.807) is 18.6 Å². The van der Waals surface area contributed by atoms with E-state index in [2.05, 4.69) is 32.1 Å². The number of nitrogens with zero attached hydrogens (tertiary/aromatic N) is 5. The van der Waals surface area contributed by atoms with Crippen molar-refractivity contribution in [1.82, 2.24) is 24.8 Å². The van der Waals surface area contributed by atoms with Gasteiger partial charge in [0.1, 0.15) is 0 Å². The van der Waals surface area contributed by atoms with Crippen LogP contribution in [0.1, 0.15) is 21.5 Å². The molecule has 1 N–H and O–H groups in total. The van der Waals surface area contributed by atoms with Gasteiger partial charge in [-0.15, -0.1) is 0 Å². The van der Waals surface area contributed by atoms with Crippen molar-refractivity contribution in [1.29, 1.82) is 0 Å². The highest BCUT2D eigenvalue weighted by Crippen LogP contribution is 2.26. The van der Waals surface area contributed by atoms with Gasteiger partial charge in [0.15, 0.2) is 5.82 Å². The van der Waals surface area contributed by atoms with E-state index in [-0.39, 0.29) is 5.91 Å². The van der Waals surface area contributed by atoms with Crippen molar-refractivity contribution in [3.05, 3.63) is 95.9 Å². The van der Waals surface area contributed by atoms with Crippen molar-refractivity contribution < 1.29 is 4.79 Å². The van der Waals surface area contributed by atoms with Crippen molar-refractivity contribution in [2.75, 3.05) is 38.5 Å². The standard InChI is InChI=1S/C29H30N6O/c1-21-5-10-25(18-26(21)28-31-13-11-27(33-28)24-4-3-12-30-19-24)32-29(36)23-8-6-22(7-9-23)20-35-16-14-34(2)15-17-35/h3-13,18-19H,14-17,20H2,1-2H3,(H,32,36). The fourth-order valence-electron chi connectivity index (χ4n) is 4.33. The molecule has 4 aromatic rings.